The molecule has 0 spiro atoms. The van der Waals surface area contributed by atoms with Crippen LogP contribution in [0.3, 0.4) is 0 Å². The number of pyridine rings is 1. The zero-order valence-electron chi connectivity index (χ0n) is 7.95. The van der Waals surface area contributed by atoms with Crippen LogP contribution < -0.4 is 9.14 Å². The molecule has 0 bridgehead atoms. The van der Waals surface area contributed by atoms with Gasteiger partial charge in [0.15, 0.2) is 0 Å². The van der Waals surface area contributed by atoms with Crippen molar-refractivity contribution in [1.29, 1.82) is 0 Å². The molecule has 0 aliphatic carbocycles. The van der Waals surface area contributed by atoms with E-state index in [0.717, 1.165) is 0 Å². The van der Waals surface area contributed by atoms with Crippen molar-refractivity contribution >= 4 is 22.0 Å². The zero-order valence-corrected chi connectivity index (χ0v) is 9.98. The van der Waals surface area contributed by atoms with Crippen molar-refractivity contribution in [1.82, 2.24) is 0 Å². The van der Waals surface area contributed by atoms with Crippen molar-refractivity contribution in [2.24, 2.45) is 0 Å². The topological polar surface area (TPSA) is 146 Å². The van der Waals surface area contributed by atoms with E-state index in [1.165, 1.54) is 18.2 Å². The Labute approximate surface area is 101 Å². The first-order valence-corrected chi connectivity index (χ1v) is 7.07. The Morgan fingerprint density at radius 2 is 1.47 bits per heavy atom. The number of hydrogen-bond acceptors (Lipinski definition) is 5. The molecule has 94 valence electrons. The molecule has 0 aliphatic heterocycles. The van der Waals surface area contributed by atoms with Gasteiger partial charge in [-0.05, 0) is 6.07 Å². The summed E-state index contributed by atoms with van der Waals surface area (Å²) in [5.74, 6) is -2.36. The molecule has 8 nitrogen and oxygen atoms in total. The van der Waals surface area contributed by atoms with Crippen LogP contribution in [0.4, 0.5) is 0 Å². The number of aromatic amines is 1. The first-order valence-electron chi connectivity index (χ1n) is 3.75. The van der Waals surface area contributed by atoms with Crippen LogP contribution in [-0.4, -0.2) is 22.2 Å². The van der Waals surface area contributed by atoms with Gasteiger partial charge in [-0.25, -0.2) is 9.59 Å². The number of carboxylic acid groups (broad SMARTS) is 2. The number of aromatic nitrogens is 1. The van der Waals surface area contributed by atoms with Crippen molar-refractivity contribution in [2.75, 3.05) is 0 Å². The predicted octanol–water partition coefficient (Wildman–Crippen LogP) is -0.843. The standard InChI is InChI=1S/C7H5NO4.ClH.Cr.3O/c9-6(10)4-2-1-3-5(8-4)7(11)12;;;;;/h1-3H,(H,9,10)(H,11,12);1H;;;;/q;;+1;;;-1. The second-order valence-electron chi connectivity index (χ2n) is 2.48. The van der Waals surface area contributed by atoms with E-state index in [-0.39, 0.29) is 11.4 Å². The number of carboxylic acids is 2. The fourth-order valence-corrected chi connectivity index (χ4v) is 0.718. The summed E-state index contributed by atoms with van der Waals surface area (Å²) in [6.45, 7) is 0. The molecule has 1 aromatic heterocycles. The molecule has 0 unspecified atom stereocenters. The van der Waals surface area contributed by atoms with Crippen LogP contribution in [0.25, 0.3) is 0 Å². The number of aromatic carboxylic acids is 2. The normalized spacial score (nSPS) is 10.0. The number of rotatable bonds is 2. The summed E-state index contributed by atoms with van der Waals surface area (Å²) >= 11 is -5.03. The average molecular weight is 304 g/mol. The van der Waals surface area contributed by atoms with E-state index in [1.807, 2.05) is 0 Å². The third-order valence-electron chi connectivity index (χ3n) is 1.26. The number of H-pyrrole nitrogens is 1. The summed E-state index contributed by atoms with van der Waals surface area (Å²) in [5, 5.41) is 16.9. The van der Waals surface area contributed by atoms with Gasteiger partial charge in [-0.15, -0.1) is 0 Å². The summed E-state index contributed by atoms with van der Waals surface area (Å²) in [7, 11) is 4.02. The van der Waals surface area contributed by atoms with Crippen LogP contribution in [0.15, 0.2) is 18.2 Å². The van der Waals surface area contributed by atoms with E-state index >= 15 is 0 Å². The molecule has 0 saturated carbocycles. The fraction of sp³-hybridized carbons (Fsp3) is 0. The van der Waals surface area contributed by atoms with Gasteiger partial charge < -0.3 is 10.2 Å². The van der Waals surface area contributed by atoms with Gasteiger partial charge in [0.1, 0.15) is 0 Å². The summed E-state index contributed by atoms with van der Waals surface area (Å²) in [4.78, 5) is 22.9. The molecular formula is C7H6ClCrNO7. The van der Waals surface area contributed by atoms with Gasteiger partial charge in [-0.2, -0.15) is 4.98 Å². The third kappa shape index (κ3) is 8.30. The summed E-state index contributed by atoms with van der Waals surface area (Å²) in [6, 6.07) is 3.94. The van der Waals surface area contributed by atoms with Crippen molar-refractivity contribution in [3.63, 3.8) is 0 Å². The average Bonchev–Trinajstić information content (AvgIpc) is 2.15. The van der Waals surface area contributed by atoms with E-state index < -0.39 is 24.3 Å². The number of nitrogens with one attached hydrogen (secondary N) is 1. The fourth-order valence-electron chi connectivity index (χ4n) is 0.718. The molecule has 17 heavy (non-hydrogen) atoms. The quantitative estimate of drug-likeness (QED) is 0.724. The minimum atomic E-state index is -5.03. The first-order chi connectivity index (χ1) is 7.61. The third-order valence-corrected chi connectivity index (χ3v) is 1.26. The van der Waals surface area contributed by atoms with E-state index in [9.17, 15) is 9.59 Å². The van der Waals surface area contributed by atoms with Gasteiger partial charge in [0.2, 0.25) is 0 Å². The van der Waals surface area contributed by atoms with Gasteiger partial charge >= 0.3 is 46.1 Å². The zero-order chi connectivity index (χ0) is 13.6. The second kappa shape index (κ2) is 6.27. The van der Waals surface area contributed by atoms with Crippen molar-refractivity contribution in [3.8, 4) is 0 Å². The molecular weight excluding hydrogens is 298 g/mol. The van der Waals surface area contributed by atoms with Crippen LogP contribution in [0.5, 0.6) is 0 Å². The molecule has 0 saturated heterocycles. The van der Waals surface area contributed by atoms with Crippen molar-refractivity contribution in [2.45, 2.75) is 0 Å². The second-order valence-corrected chi connectivity index (χ2v) is 5.27. The minimum absolute atomic E-state index is 0.144. The molecule has 0 aromatic carbocycles. The SMILES string of the molecule is O=C(O)c1cccc(C(=O)O)[nH+]1.[O]=[Cr](=[O])([O-])[Cl]. The molecule has 10 heteroatoms. The van der Waals surface area contributed by atoms with Crippen LogP contribution in [0.1, 0.15) is 21.0 Å². The maximum absolute atomic E-state index is 10.4. The molecule has 0 amide bonds. The van der Waals surface area contributed by atoms with E-state index in [2.05, 4.69) is 15.0 Å². The van der Waals surface area contributed by atoms with Gasteiger partial charge in [0.25, 0.3) is 11.4 Å². The Morgan fingerprint density at radius 3 is 1.71 bits per heavy atom. The summed E-state index contributed by atoms with van der Waals surface area (Å²) < 4.78 is 26.7. The summed E-state index contributed by atoms with van der Waals surface area (Å²) in [5.41, 5.74) is -0.287. The predicted molar refractivity (Wildman–Crippen MR) is 44.1 cm³/mol. The molecule has 1 rings (SSSR count). The van der Waals surface area contributed by atoms with Gasteiger partial charge in [-0.1, -0.05) is 0 Å². The Balaban J connectivity index is 0.000000437. The Kier molecular flexibility index (Phi) is 5.70. The Hall–Kier alpha value is -1.53. The number of hydrogen-bond donors (Lipinski definition) is 2. The first kappa shape index (κ1) is 15.5. The van der Waals surface area contributed by atoms with Crippen LogP contribution in [-0.2, 0) is 20.0 Å². The van der Waals surface area contributed by atoms with Crippen molar-refractivity contribution < 1.29 is 48.9 Å². The Morgan fingerprint density at radius 1 is 1.18 bits per heavy atom. The van der Waals surface area contributed by atoms with E-state index in [4.69, 9.17) is 22.0 Å². The van der Waals surface area contributed by atoms with E-state index in [0.29, 0.717) is 0 Å². The van der Waals surface area contributed by atoms with Gasteiger partial charge in [0, 0.05) is 12.1 Å². The van der Waals surface area contributed by atoms with Crippen molar-refractivity contribution in [3.05, 3.63) is 29.6 Å². The van der Waals surface area contributed by atoms with Gasteiger partial charge in [0.05, 0.1) is 0 Å². The van der Waals surface area contributed by atoms with E-state index in [1.54, 1.807) is 0 Å². The molecule has 0 radical (unpaired) electrons. The monoisotopic (exact) mass is 303 g/mol. The van der Waals surface area contributed by atoms with Crippen LogP contribution >= 0.6 is 10.0 Å². The molecule has 0 aliphatic rings. The molecule has 1 heterocycles. The molecule has 1 aromatic rings. The number of halogens is 1. The molecule has 0 fully saturated rings. The molecule has 3 N–H and O–H groups in total. The molecule has 0 atom stereocenters. The number of carbonyl (C=O) groups is 2. The van der Waals surface area contributed by atoms with Crippen LogP contribution in [0.2, 0.25) is 0 Å². The Bertz CT molecular complexity index is 490. The van der Waals surface area contributed by atoms with Gasteiger partial charge in [-0.3, -0.25) is 0 Å². The van der Waals surface area contributed by atoms with Crippen LogP contribution in [0, 0.1) is 0 Å². The maximum atomic E-state index is 10.4. The summed E-state index contributed by atoms with van der Waals surface area (Å²) in [6.07, 6.45) is 0.